The van der Waals surface area contributed by atoms with E-state index in [1.165, 1.54) is 11.1 Å². The molecular formula is C46H64ClN3O7S. The number of anilines is 1. The van der Waals surface area contributed by atoms with E-state index in [1.54, 1.807) is 13.0 Å². The number of carbonyl (C=O) groups excluding carboxylic acids is 2. The molecule has 2 fully saturated rings. The van der Waals surface area contributed by atoms with E-state index in [1.807, 2.05) is 57.9 Å². The van der Waals surface area contributed by atoms with Crippen LogP contribution in [0.4, 0.5) is 10.5 Å². The third-order valence-corrected chi connectivity index (χ3v) is 16.1. The molecule has 2 aromatic rings. The Bertz CT molecular complexity index is 1980. The summed E-state index contributed by atoms with van der Waals surface area (Å²) in [4.78, 5) is 31.4. The van der Waals surface area contributed by atoms with E-state index in [-0.39, 0.29) is 40.9 Å². The van der Waals surface area contributed by atoms with Gasteiger partial charge < -0.3 is 24.0 Å². The zero-order valence-electron chi connectivity index (χ0n) is 35.4. The van der Waals surface area contributed by atoms with Crippen molar-refractivity contribution in [2.45, 2.75) is 140 Å². The van der Waals surface area contributed by atoms with Crippen LogP contribution in [-0.2, 0) is 31.3 Å². The van der Waals surface area contributed by atoms with E-state index in [0.29, 0.717) is 31.9 Å². The van der Waals surface area contributed by atoms with Crippen molar-refractivity contribution in [3.63, 3.8) is 0 Å². The number of nitrogens with zero attached hydrogens (tertiary/aromatic N) is 2. The third-order valence-electron chi connectivity index (χ3n) is 14.0. The Morgan fingerprint density at radius 1 is 1.07 bits per heavy atom. The minimum atomic E-state index is -3.99. The van der Waals surface area contributed by atoms with Gasteiger partial charge >= 0.3 is 6.09 Å². The summed E-state index contributed by atoms with van der Waals surface area (Å²) in [6, 6.07) is 11.7. The molecule has 7 atom stereocenters. The Morgan fingerprint density at radius 3 is 2.62 bits per heavy atom. The average molecular weight is 839 g/mol. The van der Waals surface area contributed by atoms with Crippen LogP contribution in [0.3, 0.4) is 0 Å². The van der Waals surface area contributed by atoms with Gasteiger partial charge in [0.05, 0.1) is 23.1 Å². The summed E-state index contributed by atoms with van der Waals surface area (Å²) < 4.78 is 49.0. The largest absolute Gasteiger partial charge is 0.490 e. The molecular weight excluding hydrogens is 774 g/mol. The van der Waals surface area contributed by atoms with Crippen molar-refractivity contribution >= 4 is 39.3 Å². The number of sulfonamides is 1. The highest BCUT2D eigenvalue weighted by Crippen LogP contribution is 2.50. The van der Waals surface area contributed by atoms with Gasteiger partial charge in [0.25, 0.3) is 5.91 Å². The number of benzene rings is 2. The second-order valence-electron chi connectivity index (χ2n) is 18.9. The Hall–Kier alpha value is -3.28. The molecule has 2 bridgehead atoms. The van der Waals surface area contributed by atoms with Crippen LogP contribution >= 0.6 is 11.6 Å². The fourth-order valence-electron chi connectivity index (χ4n) is 10.4. The number of fused-ring (bicyclic) bond motifs is 4. The number of amides is 2. The normalized spacial score (nSPS) is 31.8. The van der Waals surface area contributed by atoms with Crippen molar-refractivity contribution in [1.29, 1.82) is 0 Å². The summed E-state index contributed by atoms with van der Waals surface area (Å²) in [5, 5.41) is -0.0804. The summed E-state index contributed by atoms with van der Waals surface area (Å²) in [5.74, 6) is 0.293. The number of hydrogen-bond donors (Lipinski definition) is 1. The lowest BCUT2D eigenvalue weighted by molar-refractivity contribution is -0.0819. The van der Waals surface area contributed by atoms with Crippen molar-refractivity contribution in [3.8, 4) is 5.75 Å². The van der Waals surface area contributed by atoms with Gasteiger partial charge in [-0.3, -0.25) is 4.79 Å². The lowest BCUT2D eigenvalue weighted by Gasteiger charge is -2.51. The first-order valence-corrected chi connectivity index (χ1v) is 23.5. The van der Waals surface area contributed by atoms with Crippen LogP contribution < -0.4 is 14.4 Å². The zero-order chi connectivity index (χ0) is 41.5. The van der Waals surface area contributed by atoms with Gasteiger partial charge in [0, 0.05) is 48.8 Å². The molecule has 2 amide bonds. The van der Waals surface area contributed by atoms with Crippen LogP contribution in [-0.4, -0.2) is 81.2 Å². The Balaban J connectivity index is 1.23. The number of halogens is 1. The first-order valence-electron chi connectivity index (χ1n) is 21.6. The van der Waals surface area contributed by atoms with Crippen molar-refractivity contribution in [3.05, 3.63) is 70.3 Å². The first-order chi connectivity index (χ1) is 27.5. The number of carbonyl (C=O) groups is 2. The number of piperidine rings is 1. The van der Waals surface area contributed by atoms with E-state index in [4.69, 9.17) is 25.8 Å². The fraction of sp³-hybridized carbons (Fsp3) is 0.652. The minimum Gasteiger partial charge on any atom is -0.490 e. The molecule has 58 heavy (non-hydrogen) atoms. The second-order valence-corrected chi connectivity index (χ2v) is 21.4. The maximum atomic E-state index is 13.7. The zero-order valence-corrected chi connectivity index (χ0v) is 36.9. The molecule has 1 spiro atoms. The van der Waals surface area contributed by atoms with E-state index >= 15 is 0 Å². The lowest BCUT2D eigenvalue weighted by Crippen LogP contribution is -2.53. The van der Waals surface area contributed by atoms with Gasteiger partial charge in [-0.1, -0.05) is 36.7 Å². The standard InChI is InChI=1S/C46H64ClN3O7S/c1-31-12-9-23-46(55-6,24-11-15-37-14-7-8-25-50(37)43(52)57-44(3,4)5)39-19-16-35(39)28-49-29-45(22-10-13-33-26-36(47)18-20-38(33)45)30-56-41-21-17-34(27-40(41)49)42(51)48-58(53,54)32(31)2/h9,17-18,20-21,23,26-27,31-32,35,37,39H,7-8,10-16,19,22,24-25,28-30H2,1-6H3,(H,48,51)/b23-9+/t31-,32+,35-,37+,39+,45-,46-/m0/s1. The molecule has 3 aliphatic heterocycles. The molecule has 0 radical (unpaired) electrons. The molecule has 1 N–H and O–H groups in total. The molecule has 2 aromatic carbocycles. The monoisotopic (exact) mass is 837 g/mol. The Kier molecular flexibility index (Phi) is 12.6. The van der Waals surface area contributed by atoms with Gasteiger partial charge in [-0.05, 0) is 164 Å². The topological polar surface area (TPSA) is 114 Å². The van der Waals surface area contributed by atoms with Crippen molar-refractivity contribution in [2.24, 2.45) is 17.8 Å². The molecule has 7 rings (SSSR count). The average Bonchev–Trinajstić information content (AvgIpc) is 3.31. The maximum absolute atomic E-state index is 13.7. The third kappa shape index (κ3) is 8.92. The number of aryl methyl sites for hydroxylation is 1. The van der Waals surface area contributed by atoms with Gasteiger partial charge in [0.15, 0.2) is 0 Å². The molecule has 2 aliphatic carbocycles. The summed E-state index contributed by atoms with van der Waals surface area (Å²) in [5.41, 5.74) is 2.17. The van der Waals surface area contributed by atoms with Crippen LogP contribution in [0.2, 0.25) is 5.02 Å². The number of ether oxygens (including phenoxy) is 3. The summed E-state index contributed by atoms with van der Waals surface area (Å²) in [6.07, 6.45) is 15.1. The van der Waals surface area contributed by atoms with Gasteiger partial charge in [-0.15, -0.1) is 0 Å². The van der Waals surface area contributed by atoms with Crippen LogP contribution in [0.5, 0.6) is 5.75 Å². The number of nitrogens with one attached hydrogen (secondary N) is 1. The summed E-state index contributed by atoms with van der Waals surface area (Å²) in [6.45, 7) is 11.9. The Labute approximate surface area is 351 Å². The van der Waals surface area contributed by atoms with Gasteiger partial charge in [0.2, 0.25) is 10.0 Å². The second kappa shape index (κ2) is 17.0. The van der Waals surface area contributed by atoms with E-state index in [0.717, 1.165) is 87.9 Å². The van der Waals surface area contributed by atoms with Gasteiger partial charge in [-0.25, -0.2) is 17.9 Å². The highest BCUT2D eigenvalue weighted by Gasteiger charge is 2.49. The minimum absolute atomic E-state index is 0.110. The van der Waals surface area contributed by atoms with Crippen LogP contribution in [0, 0.1) is 17.8 Å². The molecule has 10 nitrogen and oxygen atoms in total. The van der Waals surface area contributed by atoms with E-state index in [2.05, 4.69) is 33.9 Å². The molecule has 0 aromatic heterocycles. The predicted octanol–water partition coefficient (Wildman–Crippen LogP) is 9.23. The van der Waals surface area contributed by atoms with Gasteiger partial charge in [0.1, 0.15) is 11.4 Å². The molecule has 12 heteroatoms. The number of allylic oxidation sites excluding steroid dienone is 1. The number of methoxy groups -OCH3 is 1. The number of hydrogen-bond acceptors (Lipinski definition) is 8. The molecule has 318 valence electrons. The van der Waals surface area contributed by atoms with Crippen molar-refractivity contribution in [2.75, 3.05) is 38.3 Å². The van der Waals surface area contributed by atoms with Crippen molar-refractivity contribution in [1.82, 2.24) is 9.62 Å². The molecule has 3 heterocycles. The van der Waals surface area contributed by atoms with Crippen LogP contribution in [0.25, 0.3) is 0 Å². The molecule has 5 aliphatic rings. The maximum Gasteiger partial charge on any atom is 0.410 e. The smallest absolute Gasteiger partial charge is 0.410 e. The highest BCUT2D eigenvalue weighted by atomic mass is 35.5. The fourth-order valence-corrected chi connectivity index (χ4v) is 11.9. The quantitative estimate of drug-likeness (QED) is 0.297. The van der Waals surface area contributed by atoms with Crippen LogP contribution in [0.15, 0.2) is 48.6 Å². The molecule has 1 saturated heterocycles. The van der Waals surface area contributed by atoms with E-state index < -0.39 is 32.4 Å². The van der Waals surface area contributed by atoms with Crippen LogP contribution in [0.1, 0.15) is 127 Å². The summed E-state index contributed by atoms with van der Waals surface area (Å²) >= 11 is 6.52. The van der Waals surface area contributed by atoms with Gasteiger partial charge in [-0.2, -0.15) is 0 Å². The summed E-state index contributed by atoms with van der Waals surface area (Å²) in [7, 11) is -2.18. The lowest BCUT2D eigenvalue weighted by atomic mass is 9.62. The molecule has 1 saturated carbocycles. The first kappa shape index (κ1) is 42.8. The SMILES string of the molecule is CO[C@]1(CCC[C@H]2CCCCN2C(=O)OC(C)(C)C)/C=C/C[C@H](C)[C@@H](C)S(=O)(=O)NC(=O)c2ccc3c(c2)N(C[C@@H]2CC[C@H]21)C[C@@]1(CCCc2cc(Cl)ccc21)CO3. The predicted molar refractivity (Wildman–Crippen MR) is 229 cm³/mol. The Morgan fingerprint density at radius 2 is 1.88 bits per heavy atom. The highest BCUT2D eigenvalue weighted by molar-refractivity contribution is 7.90. The molecule has 0 unspecified atom stereocenters. The van der Waals surface area contributed by atoms with Crippen molar-refractivity contribution < 1.29 is 32.2 Å². The number of likely N-dealkylation sites (tertiary alicyclic amines) is 1. The number of rotatable bonds is 5. The van der Waals surface area contributed by atoms with E-state index in [9.17, 15) is 18.0 Å².